The number of hydrogen-bond acceptors (Lipinski definition) is 4. The predicted molar refractivity (Wildman–Crippen MR) is 75.9 cm³/mol. The summed E-state index contributed by atoms with van der Waals surface area (Å²) in [5.74, 6) is 0.332. The number of carbonyl (C=O) groups excluding carboxylic acids is 1. The second kappa shape index (κ2) is 6.23. The molecule has 112 valence electrons. The maximum atomic E-state index is 12.0. The van der Waals surface area contributed by atoms with Crippen molar-refractivity contribution >= 4 is 5.97 Å². The Labute approximate surface area is 117 Å². The molecule has 1 rings (SSSR count). The minimum atomic E-state index is -0.952. The van der Waals surface area contributed by atoms with E-state index in [1.165, 1.54) is 0 Å². The zero-order chi connectivity index (χ0) is 14.7. The van der Waals surface area contributed by atoms with E-state index >= 15 is 0 Å². The number of hydrogen-bond donors (Lipinski definition) is 1. The lowest BCUT2D eigenvalue weighted by Crippen LogP contribution is -2.56. The van der Waals surface area contributed by atoms with E-state index in [0.717, 1.165) is 19.6 Å². The number of ether oxygens (including phenoxy) is 1. The molecule has 0 aromatic rings. The monoisotopic (exact) mass is 271 g/mol. The largest absolute Gasteiger partial charge is 0.465 e. The molecule has 0 amide bonds. The predicted octanol–water partition coefficient (Wildman–Crippen LogP) is 2.06. The second-order valence-corrected chi connectivity index (χ2v) is 6.57. The van der Waals surface area contributed by atoms with E-state index in [4.69, 9.17) is 4.74 Å². The Bertz CT molecular complexity index is 305. The number of rotatable bonds is 5. The first kappa shape index (κ1) is 16.4. The van der Waals surface area contributed by atoms with Gasteiger partial charge in [0.2, 0.25) is 0 Å². The van der Waals surface area contributed by atoms with Crippen molar-refractivity contribution in [2.24, 2.45) is 11.3 Å². The summed E-state index contributed by atoms with van der Waals surface area (Å²) >= 11 is 0. The number of aliphatic hydroxyl groups is 1. The fourth-order valence-electron chi connectivity index (χ4n) is 2.75. The van der Waals surface area contributed by atoms with Gasteiger partial charge in [-0.2, -0.15) is 0 Å². The number of nitrogens with zero attached hydrogens (tertiary/aromatic N) is 1. The van der Waals surface area contributed by atoms with Crippen molar-refractivity contribution in [1.82, 2.24) is 4.90 Å². The van der Waals surface area contributed by atoms with Crippen LogP contribution in [0.5, 0.6) is 0 Å². The third-order valence-corrected chi connectivity index (χ3v) is 4.26. The van der Waals surface area contributed by atoms with Gasteiger partial charge >= 0.3 is 5.97 Å². The molecule has 0 atom stereocenters. The maximum absolute atomic E-state index is 12.0. The van der Waals surface area contributed by atoms with E-state index in [-0.39, 0.29) is 5.97 Å². The van der Waals surface area contributed by atoms with Crippen LogP contribution in [0.1, 0.15) is 47.5 Å². The topological polar surface area (TPSA) is 49.8 Å². The smallest absolute Gasteiger partial charge is 0.314 e. The van der Waals surface area contributed by atoms with Gasteiger partial charge in [0.1, 0.15) is 0 Å². The lowest BCUT2D eigenvalue weighted by Gasteiger charge is -2.46. The van der Waals surface area contributed by atoms with Gasteiger partial charge in [-0.3, -0.25) is 4.79 Å². The molecule has 1 saturated heterocycles. The molecule has 19 heavy (non-hydrogen) atoms. The highest BCUT2D eigenvalue weighted by Gasteiger charge is 2.50. The van der Waals surface area contributed by atoms with Crippen LogP contribution in [-0.4, -0.2) is 47.8 Å². The first-order valence-corrected chi connectivity index (χ1v) is 7.35. The Morgan fingerprint density at radius 1 is 1.37 bits per heavy atom. The SMILES string of the molecule is CCOC(=O)C(C)(C)C1(O)CCN(CC(C)C)CC1. The van der Waals surface area contributed by atoms with E-state index in [1.54, 1.807) is 20.8 Å². The number of carbonyl (C=O) groups is 1. The van der Waals surface area contributed by atoms with Crippen LogP contribution in [0.25, 0.3) is 0 Å². The van der Waals surface area contributed by atoms with Gasteiger partial charge in [-0.1, -0.05) is 13.8 Å². The number of piperidine rings is 1. The lowest BCUT2D eigenvalue weighted by molar-refractivity contribution is -0.177. The molecule has 0 unspecified atom stereocenters. The Balaban J connectivity index is 2.66. The molecule has 1 aliphatic rings. The van der Waals surface area contributed by atoms with E-state index in [1.807, 2.05) is 0 Å². The van der Waals surface area contributed by atoms with Crippen molar-refractivity contribution in [1.29, 1.82) is 0 Å². The van der Waals surface area contributed by atoms with Gasteiger partial charge in [-0.05, 0) is 39.5 Å². The molecule has 4 nitrogen and oxygen atoms in total. The van der Waals surface area contributed by atoms with E-state index in [2.05, 4.69) is 18.7 Å². The Kier molecular flexibility index (Phi) is 5.39. The molecule has 0 radical (unpaired) electrons. The summed E-state index contributed by atoms with van der Waals surface area (Å²) in [5.41, 5.74) is -1.79. The van der Waals surface area contributed by atoms with Gasteiger partial charge in [0.05, 0.1) is 17.6 Å². The highest BCUT2D eigenvalue weighted by Crippen LogP contribution is 2.40. The summed E-state index contributed by atoms with van der Waals surface area (Å²) in [6.07, 6.45) is 1.26. The van der Waals surface area contributed by atoms with Crippen LogP contribution in [0.15, 0.2) is 0 Å². The summed E-state index contributed by atoms with van der Waals surface area (Å²) < 4.78 is 5.10. The summed E-state index contributed by atoms with van der Waals surface area (Å²) in [4.78, 5) is 14.4. The summed E-state index contributed by atoms with van der Waals surface area (Å²) in [6.45, 7) is 12.9. The fraction of sp³-hybridized carbons (Fsp3) is 0.933. The van der Waals surface area contributed by atoms with Gasteiger partial charge in [-0.15, -0.1) is 0 Å². The van der Waals surface area contributed by atoms with Crippen LogP contribution in [0.3, 0.4) is 0 Å². The Morgan fingerprint density at radius 3 is 2.32 bits per heavy atom. The Hall–Kier alpha value is -0.610. The minimum Gasteiger partial charge on any atom is -0.465 e. The van der Waals surface area contributed by atoms with Crippen molar-refractivity contribution in [3.63, 3.8) is 0 Å². The molecule has 0 aromatic carbocycles. The molecule has 4 heteroatoms. The molecule has 1 aliphatic heterocycles. The third-order valence-electron chi connectivity index (χ3n) is 4.26. The second-order valence-electron chi connectivity index (χ2n) is 6.57. The normalized spacial score (nSPS) is 20.6. The maximum Gasteiger partial charge on any atom is 0.314 e. The van der Waals surface area contributed by atoms with E-state index in [9.17, 15) is 9.90 Å². The first-order chi connectivity index (χ1) is 8.73. The van der Waals surface area contributed by atoms with E-state index < -0.39 is 11.0 Å². The molecule has 0 spiro atoms. The summed E-state index contributed by atoms with van der Waals surface area (Å²) in [5, 5.41) is 10.8. The summed E-state index contributed by atoms with van der Waals surface area (Å²) in [6, 6.07) is 0. The van der Waals surface area contributed by atoms with Crippen LogP contribution in [0.2, 0.25) is 0 Å². The zero-order valence-corrected chi connectivity index (χ0v) is 13.0. The molecule has 0 saturated carbocycles. The lowest BCUT2D eigenvalue weighted by atomic mass is 9.69. The number of likely N-dealkylation sites (tertiary alicyclic amines) is 1. The van der Waals surface area contributed by atoms with Gasteiger partial charge in [0.15, 0.2) is 0 Å². The van der Waals surface area contributed by atoms with Crippen molar-refractivity contribution in [3.05, 3.63) is 0 Å². The average Bonchev–Trinajstić information content (AvgIpc) is 2.32. The van der Waals surface area contributed by atoms with Gasteiger partial charge in [0.25, 0.3) is 0 Å². The van der Waals surface area contributed by atoms with Crippen molar-refractivity contribution in [2.75, 3.05) is 26.2 Å². The molecule has 1 fully saturated rings. The third kappa shape index (κ3) is 3.69. The van der Waals surface area contributed by atoms with Crippen LogP contribution in [0, 0.1) is 11.3 Å². The van der Waals surface area contributed by atoms with Gasteiger partial charge < -0.3 is 14.7 Å². The molecule has 1 N–H and O–H groups in total. The van der Waals surface area contributed by atoms with Crippen LogP contribution >= 0.6 is 0 Å². The molecular formula is C15H29NO3. The standard InChI is InChI=1S/C15H29NO3/c1-6-19-13(17)14(4,5)15(18)7-9-16(10-8-15)11-12(2)3/h12,18H,6-11H2,1-5H3. The number of esters is 1. The van der Waals surface area contributed by atoms with Crippen LogP contribution in [0.4, 0.5) is 0 Å². The highest BCUT2D eigenvalue weighted by molar-refractivity contribution is 5.77. The average molecular weight is 271 g/mol. The zero-order valence-electron chi connectivity index (χ0n) is 13.0. The molecular weight excluding hydrogens is 242 g/mol. The van der Waals surface area contributed by atoms with Gasteiger partial charge in [0, 0.05) is 19.6 Å². The molecule has 0 aromatic heterocycles. The summed E-state index contributed by atoms with van der Waals surface area (Å²) in [7, 11) is 0. The minimum absolute atomic E-state index is 0.296. The highest BCUT2D eigenvalue weighted by atomic mass is 16.5. The van der Waals surface area contributed by atoms with Crippen molar-refractivity contribution < 1.29 is 14.6 Å². The fourth-order valence-corrected chi connectivity index (χ4v) is 2.75. The van der Waals surface area contributed by atoms with E-state index in [0.29, 0.717) is 25.4 Å². The van der Waals surface area contributed by atoms with Crippen molar-refractivity contribution in [3.8, 4) is 0 Å². The molecule has 0 aliphatic carbocycles. The molecule has 0 bridgehead atoms. The van der Waals surface area contributed by atoms with Crippen molar-refractivity contribution in [2.45, 2.75) is 53.1 Å². The Morgan fingerprint density at radius 2 is 1.89 bits per heavy atom. The molecule has 1 heterocycles. The quantitative estimate of drug-likeness (QED) is 0.778. The first-order valence-electron chi connectivity index (χ1n) is 7.35. The van der Waals surface area contributed by atoms with Crippen LogP contribution < -0.4 is 0 Å². The van der Waals surface area contributed by atoms with Crippen LogP contribution in [-0.2, 0) is 9.53 Å². The van der Waals surface area contributed by atoms with Gasteiger partial charge in [-0.25, -0.2) is 0 Å².